The number of fused-ring (bicyclic) bond motifs is 7. The van der Waals surface area contributed by atoms with Gasteiger partial charge >= 0.3 is 0 Å². The van der Waals surface area contributed by atoms with Crippen molar-refractivity contribution in [3.05, 3.63) is 266 Å². The zero-order valence-corrected chi connectivity index (χ0v) is 44.1. The molecular weight excluding hydrogens is 917 g/mol. The minimum atomic E-state index is 0.0277. The number of para-hydroxylation sites is 2. The molecule has 0 atom stereocenters. The molecule has 0 amide bonds. The zero-order valence-electron chi connectivity index (χ0n) is 44.1. The highest BCUT2D eigenvalue weighted by Gasteiger charge is 2.25. The number of hydrogen-bond acceptors (Lipinski definition) is 2. The number of hydrogen-bond donors (Lipinski definition) is 0. The van der Waals surface area contributed by atoms with E-state index >= 15 is 0 Å². The van der Waals surface area contributed by atoms with Crippen LogP contribution in [0.5, 0.6) is 0 Å². The van der Waals surface area contributed by atoms with Crippen LogP contribution in [0.2, 0.25) is 0 Å². The van der Waals surface area contributed by atoms with Gasteiger partial charge in [-0.15, -0.1) is 0 Å². The van der Waals surface area contributed by atoms with Gasteiger partial charge < -0.3 is 9.80 Å². The third-order valence-electron chi connectivity index (χ3n) is 15.7. The summed E-state index contributed by atoms with van der Waals surface area (Å²) in [5, 5.41) is 14.7. The van der Waals surface area contributed by atoms with Crippen molar-refractivity contribution in [3.63, 3.8) is 0 Å². The van der Waals surface area contributed by atoms with Crippen molar-refractivity contribution in [1.29, 1.82) is 0 Å². The maximum atomic E-state index is 2.47. The van der Waals surface area contributed by atoms with Gasteiger partial charge in [0.2, 0.25) is 0 Å². The van der Waals surface area contributed by atoms with Crippen LogP contribution in [0.25, 0.3) is 86.9 Å². The van der Waals surface area contributed by atoms with Crippen LogP contribution in [0.4, 0.5) is 34.1 Å². The van der Waals surface area contributed by atoms with E-state index in [9.17, 15) is 0 Å². The lowest BCUT2D eigenvalue weighted by Gasteiger charge is -2.29. The van der Waals surface area contributed by atoms with Gasteiger partial charge in [-0.05, 0) is 200 Å². The van der Waals surface area contributed by atoms with E-state index in [-0.39, 0.29) is 10.8 Å². The number of benzene rings is 13. The van der Waals surface area contributed by atoms with Gasteiger partial charge in [-0.1, -0.05) is 205 Å². The Hall–Kier alpha value is -8.98. The predicted molar refractivity (Wildman–Crippen MR) is 329 cm³/mol. The Morgan fingerprint density at radius 1 is 0.237 bits per heavy atom. The number of nitrogens with zero attached hydrogens (tertiary/aromatic N) is 2. The lowest BCUT2D eigenvalue weighted by atomic mass is 9.83. The second kappa shape index (κ2) is 18.4. The molecule has 0 aliphatic heterocycles. The average Bonchev–Trinajstić information content (AvgIpc) is 3.59. The van der Waals surface area contributed by atoms with E-state index in [1.54, 1.807) is 0 Å². The minimum Gasteiger partial charge on any atom is -0.310 e. The highest BCUT2D eigenvalue weighted by molar-refractivity contribution is 6.26. The fraction of sp³-hybridized carbons (Fsp3) is 0.108. The Labute approximate surface area is 446 Å². The fourth-order valence-corrected chi connectivity index (χ4v) is 11.7. The molecule has 13 aromatic carbocycles. The van der Waals surface area contributed by atoms with E-state index < -0.39 is 0 Å². The second-order valence-electron chi connectivity index (χ2n) is 22.6. The van der Waals surface area contributed by atoms with Gasteiger partial charge in [0.1, 0.15) is 0 Å². The summed E-state index contributed by atoms with van der Waals surface area (Å²) in [5.74, 6) is 0. The molecule has 13 aromatic rings. The quantitative estimate of drug-likeness (QED) is 0.111. The summed E-state index contributed by atoms with van der Waals surface area (Å²) in [7, 11) is 0. The highest BCUT2D eigenvalue weighted by atomic mass is 15.1. The van der Waals surface area contributed by atoms with Gasteiger partial charge in [-0.3, -0.25) is 0 Å². The van der Waals surface area contributed by atoms with Crippen molar-refractivity contribution in [3.8, 4) is 22.3 Å². The van der Waals surface area contributed by atoms with Crippen LogP contribution in [0.3, 0.4) is 0 Å². The van der Waals surface area contributed by atoms with Gasteiger partial charge in [0.25, 0.3) is 0 Å². The lowest BCUT2D eigenvalue weighted by molar-refractivity contribution is 0.590. The van der Waals surface area contributed by atoms with Crippen molar-refractivity contribution in [1.82, 2.24) is 0 Å². The lowest BCUT2D eigenvalue weighted by Crippen LogP contribution is -2.13. The molecule has 0 saturated heterocycles. The first-order chi connectivity index (χ1) is 36.9. The zero-order chi connectivity index (χ0) is 51.7. The van der Waals surface area contributed by atoms with Crippen LogP contribution < -0.4 is 9.80 Å². The maximum Gasteiger partial charge on any atom is 0.0468 e. The van der Waals surface area contributed by atoms with E-state index in [2.05, 4.69) is 306 Å². The van der Waals surface area contributed by atoms with Crippen LogP contribution >= 0.6 is 0 Å². The van der Waals surface area contributed by atoms with Crippen LogP contribution in [-0.4, -0.2) is 0 Å². The van der Waals surface area contributed by atoms with Crippen LogP contribution in [0, 0.1) is 0 Å². The highest BCUT2D eigenvalue weighted by Crippen LogP contribution is 2.50. The topological polar surface area (TPSA) is 6.48 Å². The molecule has 2 nitrogen and oxygen atoms in total. The first kappa shape index (κ1) is 46.8. The molecule has 0 spiro atoms. The summed E-state index contributed by atoms with van der Waals surface area (Å²) in [6, 6.07) is 95.2. The standard InChI is InChI=1S/C74H60N2/c1-73(2,3)55-31-35-59(36-32-55)75(57-22-9-7-10-23-57)61-40-43-67-69(47-61)71(54-29-28-49-18-13-14-19-50(49)45-54)66-42-39-62(76(58-24-11-8-12-25-58)60-37-33-56(34-38-60)74(4,5)6)48-70(66)72(67)65-27-17-26-63-64(65)41-30-53-44-51-20-15-16-21-52(51)46-68(53)63/h7-48H,1-6H3. The Bertz CT molecular complexity index is 4330. The maximum absolute atomic E-state index is 2.47. The van der Waals surface area contributed by atoms with Gasteiger partial charge in [-0.2, -0.15) is 0 Å². The largest absolute Gasteiger partial charge is 0.310 e. The van der Waals surface area contributed by atoms with Crippen molar-refractivity contribution in [2.24, 2.45) is 0 Å². The van der Waals surface area contributed by atoms with E-state index in [0.717, 1.165) is 34.1 Å². The third-order valence-corrected chi connectivity index (χ3v) is 15.7. The van der Waals surface area contributed by atoms with E-state index in [1.165, 1.54) is 98.0 Å². The van der Waals surface area contributed by atoms with Crippen molar-refractivity contribution in [2.75, 3.05) is 9.80 Å². The first-order valence-electron chi connectivity index (χ1n) is 26.7. The molecule has 0 N–H and O–H groups in total. The van der Waals surface area contributed by atoms with Gasteiger partial charge in [0.15, 0.2) is 0 Å². The first-order valence-corrected chi connectivity index (χ1v) is 26.7. The summed E-state index contributed by atoms with van der Waals surface area (Å²) in [6.07, 6.45) is 0. The smallest absolute Gasteiger partial charge is 0.0468 e. The molecule has 0 bridgehead atoms. The Kier molecular flexibility index (Phi) is 11.4. The molecule has 0 fully saturated rings. The summed E-state index contributed by atoms with van der Waals surface area (Å²) >= 11 is 0. The van der Waals surface area contributed by atoms with Gasteiger partial charge in [0, 0.05) is 34.1 Å². The van der Waals surface area contributed by atoms with Crippen LogP contribution in [-0.2, 0) is 10.8 Å². The summed E-state index contributed by atoms with van der Waals surface area (Å²) in [6.45, 7) is 13.7. The molecule has 0 aromatic heterocycles. The van der Waals surface area contributed by atoms with Gasteiger partial charge in [-0.25, -0.2) is 0 Å². The second-order valence-corrected chi connectivity index (χ2v) is 22.6. The number of rotatable bonds is 8. The van der Waals surface area contributed by atoms with Crippen LogP contribution in [0.15, 0.2) is 255 Å². The minimum absolute atomic E-state index is 0.0277. The van der Waals surface area contributed by atoms with Crippen molar-refractivity contribution < 1.29 is 0 Å². The predicted octanol–water partition coefficient (Wildman–Crippen LogP) is 21.5. The molecule has 13 rings (SSSR count). The van der Waals surface area contributed by atoms with Crippen molar-refractivity contribution in [2.45, 2.75) is 52.4 Å². The number of anilines is 6. The molecule has 0 aliphatic carbocycles. The SMILES string of the molecule is CC(C)(C)c1ccc(N(c2ccccc2)c2ccc3c(-c4cccc5c4ccc4cc6ccccc6cc45)c4cc(N(c5ccccc5)c5ccc(C(C)(C)C)cc5)ccc4c(-c4ccc5ccccc5c4)c3c2)cc1. The summed E-state index contributed by atoms with van der Waals surface area (Å²) < 4.78 is 0. The molecule has 366 valence electrons. The average molecular weight is 977 g/mol. The van der Waals surface area contributed by atoms with Crippen molar-refractivity contribution >= 4 is 98.8 Å². The molecule has 0 heterocycles. The van der Waals surface area contributed by atoms with E-state index in [1.807, 2.05) is 0 Å². The molecule has 0 saturated carbocycles. The monoisotopic (exact) mass is 976 g/mol. The summed E-state index contributed by atoms with van der Waals surface area (Å²) in [5.41, 5.74) is 14.1. The van der Waals surface area contributed by atoms with E-state index in [0.29, 0.717) is 0 Å². The molecule has 76 heavy (non-hydrogen) atoms. The molecule has 0 aliphatic rings. The molecule has 0 unspecified atom stereocenters. The molecule has 0 radical (unpaired) electrons. The van der Waals surface area contributed by atoms with E-state index in [4.69, 9.17) is 0 Å². The molecule has 2 heteroatoms. The fourth-order valence-electron chi connectivity index (χ4n) is 11.7. The third kappa shape index (κ3) is 8.32. The summed E-state index contributed by atoms with van der Waals surface area (Å²) in [4.78, 5) is 4.84. The van der Waals surface area contributed by atoms with Crippen LogP contribution in [0.1, 0.15) is 52.7 Å². The molecular formula is C74H60N2. The normalized spacial score (nSPS) is 12.1. The Morgan fingerprint density at radius 2 is 0.671 bits per heavy atom. The van der Waals surface area contributed by atoms with Gasteiger partial charge in [0.05, 0.1) is 0 Å². The Balaban J connectivity index is 1.15. The Morgan fingerprint density at radius 3 is 1.22 bits per heavy atom.